The molecule has 0 bridgehead atoms. The van der Waals surface area contributed by atoms with Crippen LogP contribution in [0.4, 0.5) is 0 Å². The summed E-state index contributed by atoms with van der Waals surface area (Å²) in [6.07, 6.45) is 2.53. The number of hydrogen-bond donors (Lipinski definition) is 0. The van der Waals surface area contributed by atoms with Crippen molar-refractivity contribution in [1.82, 2.24) is 0 Å². The van der Waals surface area contributed by atoms with Gasteiger partial charge in [0.2, 0.25) is 0 Å². The minimum Gasteiger partial charge on any atom is -0.381 e. The smallest absolute Gasteiger partial charge is 0.0468 e. The van der Waals surface area contributed by atoms with Crippen molar-refractivity contribution in [3.8, 4) is 0 Å². The second-order valence-corrected chi connectivity index (χ2v) is 2.29. The molecule has 0 aromatic rings. The zero-order valence-electron chi connectivity index (χ0n) is 8.81. The van der Waals surface area contributed by atoms with Gasteiger partial charge in [-0.1, -0.05) is 34.6 Å². The average molecular weight is 160 g/mol. The normalized spacial score (nSPS) is 17.2. The highest BCUT2D eigenvalue weighted by molar-refractivity contribution is 4.55. The molecule has 1 nitrogen and oxygen atoms in total. The third-order valence-corrected chi connectivity index (χ3v) is 1.51. The van der Waals surface area contributed by atoms with Gasteiger partial charge in [-0.05, 0) is 18.8 Å². The Morgan fingerprint density at radius 3 is 1.45 bits per heavy atom. The molecule has 1 rings (SSSR count). The molecular weight excluding hydrogens is 136 g/mol. The summed E-state index contributed by atoms with van der Waals surface area (Å²) in [4.78, 5) is 0. The highest BCUT2D eigenvalue weighted by Gasteiger charge is 2.06. The molecule has 0 aromatic carbocycles. The summed E-state index contributed by atoms with van der Waals surface area (Å²) in [5, 5.41) is 0. The highest BCUT2D eigenvalue weighted by atomic mass is 16.5. The number of ether oxygens (including phenoxy) is 1. The average Bonchev–Trinajstić information content (AvgIpc) is 2.13. The molecule has 0 unspecified atom stereocenters. The summed E-state index contributed by atoms with van der Waals surface area (Å²) in [7, 11) is 0. The first kappa shape index (κ1) is 13.5. The molecule has 1 fully saturated rings. The van der Waals surface area contributed by atoms with E-state index in [4.69, 9.17) is 4.74 Å². The topological polar surface area (TPSA) is 9.23 Å². The zero-order valence-corrected chi connectivity index (χ0v) is 8.81. The lowest BCUT2D eigenvalue weighted by Crippen LogP contribution is -2.12. The van der Waals surface area contributed by atoms with E-state index < -0.39 is 0 Å². The van der Waals surface area contributed by atoms with Crippen molar-refractivity contribution in [3.63, 3.8) is 0 Å². The van der Waals surface area contributed by atoms with Crippen molar-refractivity contribution in [3.05, 3.63) is 0 Å². The second-order valence-electron chi connectivity index (χ2n) is 2.29. The highest BCUT2D eigenvalue weighted by Crippen LogP contribution is 2.11. The van der Waals surface area contributed by atoms with E-state index in [1.165, 1.54) is 12.8 Å². The number of rotatable bonds is 0. The van der Waals surface area contributed by atoms with Crippen molar-refractivity contribution < 1.29 is 4.74 Å². The molecule has 0 radical (unpaired) electrons. The van der Waals surface area contributed by atoms with Gasteiger partial charge in [0.05, 0.1) is 0 Å². The van der Waals surface area contributed by atoms with Crippen LogP contribution in [0.2, 0.25) is 0 Å². The molecule has 0 amide bonds. The summed E-state index contributed by atoms with van der Waals surface area (Å²) in [6, 6.07) is 0. The molecule has 0 spiro atoms. The predicted molar refractivity (Wildman–Crippen MR) is 51.9 cm³/mol. The van der Waals surface area contributed by atoms with Crippen LogP contribution in [0.5, 0.6) is 0 Å². The lowest BCUT2D eigenvalue weighted by molar-refractivity contribution is 0.0716. The largest absolute Gasteiger partial charge is 0.381 e. The van der Waals surface area contributed by atoms with Gasteiger partial charge < -0.3 is 4.74 Å². The maximum absolute atomic E-state index is 5.14. The van der Waals surface area contributed by atoms with Crippen LogP contribution in [-0.2, 0) is 4.74 Å². The summed E-state index contributed by atoms with van der Waals surface area (Å²) in [6.45, 7) is 12.3. The fraction of sp³-hybridized carbons (Fsp3) is 1.00. The monoisotopic (exact) mass is 160 g/mol. The van der Waals surface area contributed by atoms with Crippen LogP contribution >= 0.6 is 0 Å². The van der Waals surface area contributed by atoms with E-state index in [1.54, 1.807) is 0 Å². The Morgan fingerprint density at radius 2 is 1.27 bits per heavy atom. The van der Waals surface area contributed by atoms with E-state index in [0.717, 1.165) is 19.1 Å². The van der Waals surface area contributed by atoms with E-state index in [0.29, 0.717) is 0 Å². The van der Waals surface area contributed by atoms with Crippen molar-refractivity contribution in [2.24, 2.45) is 5.92 Å². The van der Waals surface area contributed by atoms with Gasteiger partial charge in [-0.2, -0.15) is 0 Å². The van der Waals surface area contributed by atoms with Crippen molar-refractivity contribution in [2.45, 2.75) is 47.5 Å². The van der Waals surface area contributed by atoms with Crippen LogP contribution in [0.1, 0.15) is 47.5 Å². The first-order valence-corrected chi connectivity index (χ1v) is 4.97. The summed E-state index contributed by atoms with van der Waals surface area (Å²) in [5.41, 5.74) is 0. The van der Waals surface area contributed by atoms with Crippen LogP contribution < -0.4 is 0 Å². The van der Waals surface area contributed by atoms with E-state index in [-0.39, 0.29) is 0 Å². The molecule has 0 saturated carbocycles. The fourth-order valence-electron chi connectivity index (χ4n) is 0.815. The predicted octanol–water partition coefficient (Wildman–Crippen LogP) is 3.49. The maximum atomic E-state index is 5.14. The van der Waals surface area contributed by atoms with Gasteiger partial charge in [-0.3, -0.25) is 0 Å². The summed E-state index contributed by atoms with van der Waals surface area (Å²) >= 11 is 0. The molecule has 1 heterocycles. The Morgan fingerprint density at radius 1 is 0.909 bits per heavy atom. The van der Waals surface area contributed by atoms with Gasteiger partial charge >= 0.3 is 0 Å². The zero-order chi connectivity index (χ0) is 9.11. The molecule has 0 aromatic heterocycles. The summed E-state index contributed by atoms with van der Waals surface area (Å²) in [5.74, 6) is 0.911. The lowest BCUT2D eigenvalue weighted by Gasteiger charge is -2.16. The molecule has 0 atom stereocenters. The Kier molecular flexibility index (Phi) is 15.5. The second kappa shape index (κ2) is 12.6. The van der Waals surface area contributed by atoms with Crippen LogP contribution in [0.15, 0.2) is 0 Å². The van der Waals surface area contributed by atoms with E-state index in [2.05, 4.69) is 6.92 Å². The Labute approximate surface area is 72.1 Å². The van der Waals surface area contributed by atoms with E-state index >= 15 is 0 Å². The van der Waals surface area contributed by atoms with Gasteiger partial charge in [0, 0.05) is 13.2 Å². The van der Waals surface area contributed by atoms with Crippen LogP contribution in [0, 0.1) is 5.92 Å². The molecule has 70 valence electrons. The molecular formula is C10H24O. The van der Waals surface area contributed by atoms with Gasteiger partial charge in [0.25, 0.3) is 0 Å². The molecule has 1 aliphatic heterocycles. The van der Waals surface area contributed by atoms with Gasteiger partial charge in [-0.15, -0.1) is 0 Å². The van der Waals surface area contributed by atoms with Crippen molar-refractivity contribution in [1.29, 1.82) is 0 Å². The fourth-order valence-corrected chi connectivity index (χ4v) is 0.815. The first-order valence-electron chi connectivity index (χ1n) is 4.97. The minimum absolute atomic E-state index is 0.911. The van der Waals surface area contributed by atoms with Gasteiger partial charge in [0.15, 0.2) is 0 Å². The molecule has 1 heteroatoms. The standard InChI is InChI=1S/C6H12O.2C2H6/c1-6-2-4-7-5-3-6;2*1-2/h6H,2-5H2,1H3;2*1-2H3. The Bertz CT molecular complexity index is 46.8. The van der Waals surface area contributed by atoms with E-state index in [1.807, 2.05) is 27.7 Å². The van der Waals surface area contributed by atoms with E-state index in [9.17, 15) is 0 Å². The molecule has 11 heavy (non-hydrogen) atoms. The Hall–Kier alpha value is -0.0400. The third kappa shape index (κ3) is 9.96. The van der Waals surface area contributed by atoms with Crippen LogP contribution in [0.25, 0.3) is 0 Å². The molecule has 1 aliphatic rings. The van der Waals surface area contributed by atoms with Crippen LogP contribution in [-0.4, -0.2) is 13.2 Å². The maximum Gasteiger partial charge on any atom is 0.0468 e. The molecule has 1 saturated heterocycles. The quantitative estimate of drug-likeness (QED) is 0.527. The lowest BCUT2D eigenvalue weighted by atomic mass is 10.0. The van der Waals surface area contributed by atoms with Gasteiger partial charge in [0.1, 0.15) is 0 Å². The minimum atomic E-state index is 0.911. The Balaban J connectivity index is 0. The van der Waals surface area contributed by atoms with Gasteiger partial charge in [-0.25, -0.2) is 0 Å². The SMILES string of the molecule is CC.CC.CC1CCOCC1. The first-order chi connectivity index (χ1) is 5.39. The van der Waals surface area contributed by atoms with Crippen LogP contribution in [0.3, 0.4) is 0 Å². The summed E-state index contributed by atoms with van der Waals surface area (Å²) < 4.78 is 5.14. The van der Waals surface area contributed by atoms with Crippen molar-refractivity contribution >= 4 is 0 Å². The molecule has 0 aliphatic carbocycles. The molecule has 0 N–H and O–H groups in total. The van der Waals surface area contributed by atoms with Crippen molar-refractivity contribution in [2.75, 3.05) is 13.2 Å². The third-order valence-electron chi connectivity index (χ3n) is 1.51. The number of hydrogen-bond acceptors (Lipinski definition) is 1.